The van der Waals surface area contributed by atoms with Gasteiger partial charge in [-0.3, -0.25) is 4.79 Å². The molecule has 18 heavy (non-hydrogen) atoms. The minimum atomic E-state index is 0.125. The van der Waals surface area contributed by atoms with E-state index in [1.165, 1.54) is 12.8 Å². The Balaban J connectivity index is 1.80. The summed E-state index contributed by atoms with van der Waals surface area (Å²) in [7, 11) is 2.14. The fourth-order valence-corrected chi connectivity index (χ4v) is 3.35. The highest BCUT2D eigenvalue weighted by Crippen LogP contribution is 2.29. The van der Waals surface area contributed by atoms with Crippen molar-refractivity contribution in [1.29, 1.82) is 0 Å². The van der Waals surface area contributed by atoms with Gasteiger partial charge in [0.1, 0.15) is 0 Å². The highest BCUT2D eigenvalue weighted by atomic mass is 16.1. The summed E-state index contributed by atoms with van der Waals surface area (Å²) < 4.78 is 0. The van der Waals surface area contributed by atoms with Gasteiger partial charge in [0.05, 0.1) is 0 Å². The van der Waals surface area contributed by atoms with Gasteiger partial charge in [-0.05, 0) is 45.2 Å². The van der Waals surface area contributed by atoms with E-state index in [0.717, 1.165) is 32.4 Å². The number of nitrogens with two attached hydrogens (primary N) is 1. The summed E-state index contributed by atoms with van der Waals surface area (Å²) in [6, 6.07) is 0.727. The SMILES string of the molecule is CC1C(N)CCCC1C(=O)NCC1CCCN1C. The summed E-state index contributed by atoms with van der Waals surface area (Å²) in [6.45, 7) is 4.08. The molecule has 3 N–H and O–H groups in total. The second kappa shape index (κ2) is 6.02. The van der Waals surface area contributed by atoms with Crippen LogP contribution < -0.4 is 11.1 Å². The van der Waals surface area contributed by atoms with E-state index in [1.54, 1.807) is 0 Å². The van der Waals surface area contributed by atoms with E-state index in [4.69, 9.17) is 5.73 Å². The molecule has 2 fully saturated rings. The van der Waals surface area contributed by atoms with Crippen LogP contribution in [0.5, 0.6) is 0 Å². The van der Waals surface area contributed by atoms with Gasteiger partial charge in [-0.15, -0.1) is 0 Å². The Kier molecular flexibility index (Phi) is 4.62. The Morgan fingerprint density at radius 1 is 1.33 bits per heavy atom. The molecular weight excluding hydrogens is 226 g/mol. The predicted molar refractivity (Wildman–Crippen MR) is 73.1 cm³/mol. The maximum absolute atomic E-state index is 12.2. The number of likely N-dealkylation sites (N-methyl/N-ethyl adjacent to an activating group) is 1. The lowest BCUT2D eigenvalue weighted by molar-refractivity contribution is -0.128. The van der Waals surface area contributed by atoms with Crippen molar-refractivity contribution in [2.75, 3.05) is 20.1 Å². The molecule has 4 unspecified atom stereocenters. The van der Waals surface area contributed by atoms with E-state index in [2.05, 4.69) is 24.2 Å². The van der Waals surface area contributed by atoms with Gasteiger partial charge in [-0.2, -0.15) is 0 Å². The number of carbonyl (C=O) groups excluding carboxylic acids is 1. The number of rotatable bonds is 3. The smallest absolute Gasteiger partial charge is 0.223 e. The van der Waals surface area contributed by atoms with E-state index < -0.39 is 0 Å². The second-order valence-electron chi connectivity index (χ2n) is 6.08. The van der Waals surface area contributed by atoms with Crippen LogP contribution in [-0.4, -0.2) is 43.0 Å². The Hall–Kier alpha value is -0.610. The fraction of sp³-hybridized carbons (Fsp3) is 0.929. The topological polar surface area (TPSA) is 58.4 Å². The molecule has 104 valence electrons. The summed E-state index contributed by atoms with van der Waals surface area (Å²) in [5.41, 5.74) is 6.06. The molecule has 0 aromatic heterocycles. The molecule has 4 atom stereocenters. The van der Waals surface area contributed by atoms with E-state index in [1.807, 2.05) is 0 Å². The molecule has 1 aliphatic carbocycles. The molecule has 0 bridgehead atoms. The van der Waals surface area contributed by atoms with E-state index >= 15 is 0 Å². The van der Waals surface area contributed by atoms with Crippen molar-refractivity contribution in [3.63, 3.8) is 0 Å². The Bertz CT molecular complexity index is 295. The molecule has 2 rings (SSSR count). The van der Waals surface area contributed by atoms with Crippen LogP contribution in [0.15, 0.2) is 0 Å². The molecule has 0 aromatic rings. The zero-order valence-electron chi connectivity index (χ0n) is 11.7. The van der Waals surface area contributed by atoms with Crippen LogP contribution in [0, 0.1) is 11.8 Å². The molecule has 1 heterocycles. The highest BCUT2D eigenvalue weighted by molar-refractivity contribution is 5.79. The number of likely N-dealkylation sites (tertiary alicyclic amines) is 1. The van der Waals surface area contributed by atoms with Gasteiger partial charge in [0.25, 0.3) is 0 Å². The normalized spacial score (nSPS) is 37.7. The molecule has 1 saturated heterocycles. The van der Waals surface area contributed by atoms with Gasteiger partial charge in [0.2, 0.25) is 5.91 Å². The quantitative estimate of drug-likeness (QED) is 0.787. The maximum Gasteiger partial charge on any atom is 0.223 e. The van der Waals surface area contributed by atoms with E-state index in [-0.39, 0.29) is 17.9 Å². The third kappa shape index (κ3) is 3.04. The lowest BCUT2D eigenvalue weighted by Gasteiger charge is -2.33. The van der Waals surface area contributed by atoms with Crippen molar-refractivity contribution in [3.05, 3.63) is 0 Å². The molecule has 1 aliphatic heterocycles. The minimum absolute atomic E-state index is 0.125. The zero-order valence-corrected chi connectivity index (χ0v) is 11.7. The third-order valence-corrected chi connectivity index (χ3v) is 4.88. The first kappa shape index (κ1) is 13.8. The molecule has 2 aliphatic rings. The Morgan fingerprint density at radius 2 is 2.11 bits per heavy atom. The lowest BCUT2D eigenvalue weighted by atomic mass is 9.77. The summed E-state index contributed by atoms with van der Waals surface area (Å²) in [5.74, 6) is 0.665. The highest BCUT2D eigenvalue weighted by Gasteiger charge is 2.33. The lowest BCUT2D eigenvalue weighted by Crippen LogP contribution is -2.46. The molecule has 4 heteroatoms. The van der Waals surface area contributed by atoms with Crippen molar-refractivity contribution in [1.82, 2.24) is 10.2 Å². The van der Waals surface area contributed by atoms with E-state index in [0.29, 0.717) is 12.0 Å². The first-order valence-electron chi connectivity index (χ1n) is 7.33. The van der Waals surface area contributed by atoms with Crippen LogP contribution >= 0.6 is 0 Å². The molecule has 1 amide bonds. The fourth-order valence-electron chi connectivity index (χ4n) is 3.35. The average Bonchev–Trinajstić information content (AvgIpc) is 2.75. The van der Waals surface area contributed by atoms with Gasteiger partial charge in [0, 0.05) is 24.5 Å². The van der Waals surface area contributed by atoms with Crippen molar-refractivity contribution in [3.8, 4) is 0 Å². The molecule has 0 aromatic carbocycles. The minimum Gasteiger partial charge on any atom is -0.354 e. The number of carbonyl (C=O) groups is 1. The van der Waals surface area contributed by atoms with Gasteiger partial charge < -0.3 is 16.0 Å². The van der Waals surface area contributed by atoms with Crippen LogP contribution in [-0.2, 0) is 4.79 Å². The summed E-state index contributed by atoms with van der Waals surface area (Å²) in [6.07, 6.45) is 5.61. The maximum atomic E-state index is 12.2. The van der Waals surface area contributed by atoms with Crippen molar-refractivity contribution < 1.29 is 4.79 Å². The first-order valence-corrected chi connectivity index (χ1v) is 7.33. The van der Waals surface area contributed by atoms with Gasteiger partial charge in [-0.1, -0.05) is 13.3 Å². The second-order valence-corrected chi connectivity index (χ2v) is 6.08. The zero-order chi connectivity index (χ0) is 13.1. The van der Waals surface area contributed by atoms with Crippen molar-refractivity contribution in [2.45, 2.75) is 51.1 Å². The molecule has 1 saturated carbocycles. The number of nitrogens with zero attached hydrogens (tertiary/aromatic N) is 1. The number of nitrogens with one attached hydrogen (secondary N) is 1. The largest absolute Gasteiger partial charge is 0.354 e. The van der Waals surface area contributed by atoms with Crippen LogP contribution in [0.4, 0.5) is 0 Å². The standard InChI is InChI=1S/C14H27N3O/c1-10-12(6-3-7-13(10)15)14(18)16-9-11-5-4-8-17(11)2/h10-13H,3-9,15H2,1-2H3,(H,16,18). The van der Waals surface area contributed by atoms with Gasteiger partial charge in [-0.25, -0.2) is 0 Å². The number of hydrogen-bond acceptors (Lipinski definition) is 3. The van der Waals surface area contributed by atoms with Crippen LogP contribution in [0.25, 0.3) is 0 Å². The first-order chi connectivity index (χ1) is 8.59. The van der Waals surface area contributed by atoms with Crippen molar-refractivity contribution in [2.24, 2.45) is 17.6 Å². The van der Waals surface area contributed by atoms with Crippen LogP contribution in [0.1, 0.15) is 39.0 Å². The number of amides is 1. The Morgan fingerprint density at radius 3 is 2.78 bits per heavy atom. The van der Waals surface area contributed by atoms with Crippen LogP contribution in [0.2, 0.25) is 0 Å². The Labute approximate surface area is 110 Å². The predicted octanol–water partition coefficient (Wildman–Crippen LogP) is 0.960. The van der Waals surface area contributed by atoms with Gasteiger partial charge >= 0.3 is 0 Å². The van der Waals surface area contributed by atoms with E-state index in [9.17, 15) is 4.79 Å². The summed E-state index contributed by atoms with van der Waals surface area (Å²) in [5, 5.41) is 3.14. The van der Waals surface area contributed by atoms with Gasteiger partial charge in [0.15, 0.2) is 0 Å². The monoisotopic (exact) mass is 253 g/mol. The summed E-state index contributed by atoms with van der Waals surface area (Å²) >= 11 is 0. The molecule has 4 nitrogen and oxygen atoms in total. The number of hydrogen-bond donors (Lipinski definition) is 2. The molecule has 0 spiro atoms. The van der Waals surface area contributed by atoms with Crippen LogP contribution in [0.3, 0.4) is 0 Å². The molecular formula is C14H27N3O. The van der Waals surface area contributed by atoms with Crippen molar-refractivity contribution >= 4 is 5.91 Å². The average molecular weight is 253 g/mol. The molecule has 0 radical (unpaired) electrons. The third-order valence-electron chi connectivity index (χ3n) is 4.88. The summed E-state index contributed by atoms with van der Waals surface area (Å²) in [4.78, 5) is 14.6.